The number of carbonyl (C=O) groups is 3. The highest BCUT2D eigenvalue weighted by molar-refractivity contribution is 9.11. The first-order chi connectivity index (χ1) is 15.3. The van der Waals surface area contributed by atoms with Gasteiger partial charge in [0.2, 0.25) is 0 Å². The number of anilines is 1. The molecule has 0 fully saturated rings. The van der Waals surface area contributed by atoms with Crippen molar-refractivity contribution in [2.45, 2.75) is 6.92 Å². The van der Waals surface area contributed by atoms with Crippen LogP contribution in [0.1, 0.15) is 26.3 Å². The lowest BCUT2D eigenvalue weighted by atomic mass is 10.1. The molecule has 0 unspecified atom stereocenters. The summed E-state index contributed by atoms with van der Waals surface area (Å²) in [5.41, 5.74) is 7.02. The number of hydrogen-bond donors (Lipinski definition) is 3. The minimum Gasteiger partial charge on any atom is -0.483 e. The topological polar surface area (TPSA) is 96.5 Å². The summed E-state index contributed by atoms with van der Waals surface area (Å²) in [5, 5.41) is 2.78. The van der Waals surface area contributed by atoms with Gasteiger partial charge in [-0.25, -0.2) is 0 Å². The van der Waals surface area contributed by atoms with E-state index < -0.39 is 11.8 Å². The lowest BCUT2D eigenvalue weighted by Gasteiger charge is -2.10. The summed E-state index contributed by atoms with van der Waals surface area (Å²) in [6.07, 6.45) is 0. The van der Waals surface area contributed by atoms with Crippen LogP contribution in [0, 0.1) is 6.92 Å². The van der Waals surface area contributed by atoms with Crippen molar-refractivity contribution >= 4 is 55.3 Å². The summed E-state index contributed by atoms with van der Waals surface area (Å²) < 4.78 is 6.98. The van der Waals surface area contributed by atoms with E-state index in [0.29, 0.717) is 27.0 Å². The highest BCUT2D eigenvalue weighted by Crippen LogP contribution is 2.28. The van der Waals surface area contributed by atoms with Crippen molar-refractivity contribution in [2.24, 2.45) is 0 Å². The Morgan fingerprint density at radius 2 is 1.59 bits per heavy atom. The van der Waals surface area contributed by atoms with Crippen LogP contribution >= 0.6 is 31.9 Å². The highest BCUT2D eigenvalue weighted by atomic mass is 79.9. The van der Waals surface area contributed by atoms with E-state index in [1.807, 2.05) is 19.1 Å². The van der Waals surface area contributed by atoms with Crippen molar-refractivity contribution in [3.05, 3.63) is 92.4 Å². The molecule has 3 N–H and O–H groups in total. The maximum atomic E-state index is 12.3. The molecule has 0 bridgehead atoms. The van der Waals surface area contributed by atoms with Crippen molar-refractivity contribution in [1.29, 1.82) is 0 Å². The number of halogens is 2. The van der Waals surface area contributed by atoms with E-state index in [2.05, 4.69) is 48.0 Å². The van der Waals surface area contributed by atoms with Crippen LogP contribution in [-0.4, -0.2) is 24.3 Å². The van der Waals surface area contributed by atoms with E-state index in [0.717, 1.165) is 10.0 Å². The SMILES string of the molecule is Cc1cccc(C(=O)Nc2ccc(C(=O)NNC(=O)COc3ccc(Br)cc3Br)cc2)c1. The third kappa shape index (κ3) is 6.66. The van der Waals surface area contributed by atoms with Gasteiger partial charge in [-0.15, -0.1) is 0 Å². The van der Waals surface area contributed by atoms with E-state index in [1.54, 1.807) is 54.6 Å². The molecule has 3 aromatic carbocycles. The van der Waals surface area contributed by atoms with Gasteiger partial charge in [0.15, 0.2) is 6.61 Å². The number of rotatable bonds is 6. The maximum Gasteiger partial charge on any atom is 0.276 e. The third-order valence-electron chi connectivity index (χ3n) is 4.25. The van der Waals surface area contributed by atoms with Crippen LogP contribution in [0.4, 0.5) is 5.69 Å². The standard InChI is InChI=1S/C23H19Br2N3O4/c1-14-3-2-4-16(11-14)22(30)26-18-8-5-15(6-9-18)23(31)28-27-21(29)13-32-20-10-7-17(24)12-19(20)25/h2-12H,13H2,1H3,(H,26,30)(H,27,29)(H,28,31). The molecule has 0 aromatic heterocycles. The Kier molecular flexibility index (Phi) is 8.02. The number of hydrogen-bond acceptors (Lipinski definition) is 4. The summed E-state index contributed by atoms with van der Waals surface area (Å²) in [7, 11) is 0. The summed E-state index contributed by atoms with van der Waals surface area (Å²) in [6.45, 7) is 1.64. The average molecular weight is 561 g/mol. The zero-order chi connectivity index (χ0) is 23.1. The summed E-state index contributed by atoms with van der Waals surface area (Å²) in [6, 6.07) is 18.8. The molecule has 7 nitrogen and oxygen atoms in total. The summed E-state index contributed by atoms with van der Waals surface area (Å²) in [5.74, 6) is -0.761. The molecule has 0 saturated carbocycles. The predicted molar refractivity (Wildman–Crippen MR) is 129 cm³/mol. The van der Waals surface area contributed by atoms with Gasteiger partial charge in [-0.3, -0.25) is 25.2 Å². The van der Waals surface area contributed by atoms with Gasteiger partial charge >= 0.3 is 0 Å². The number of aryl methyl sites for hydroxylation is 1. The van der Waals surface area contributed by atoms with E-state index >= 15 is 0 Å². The van der Waals surface area contributed by atoms with Gasteiger partial charge in [0.1, 0.15) is 5.75 Å². The zero-order valence-corrected chi connectivity index (χ0v) is 20.1. The molecular weight excluding hydrogens is 542 g/mol. The first kappa shape index (κ1) is 23.5. The number of amides is 3. The molecule has 3 amide bonds. The molecule has 0 aliphatic carbocycles. The normalized spacial score (nSPS) is 10.2. The van der Waals surface area contributed by atoms with Crippen molar-refractivity contribution in [3.8, 4) is 5.75 Å². The van der Waals surface area contributed by atoms with E-state index in [-0.39, 0.29) is 12.5 Å². The number of hydrazine groups is 1. The van der Waals surface area contributed by atoms with E-state index in [9.17, 15) is 14.4 Å². The van der Waals surface area contributed by atoms with Crippen molar-refractivity contribution in [3.63, 3.8) is 0 Å². The van der Waals surface area contributed by atoms with Crippen LogP contribution in [0.15, 0.2) is 75.7 Å². The van der Waals surface area contributed by atoms with Crippen molar-refractivity contribution < 1.29 is 19.1 Å². The maximum absolute atomic E-state index is 12.3. The second-order valence-corrected chi connectivity index (χ2v) is 8.54. The molecule has 3 rings (SSSR count). The van der Waals surface area contributed by atoms with E-state index in [4.69, 9.17) is 4.74 Å². The Labute approximate surface area is 201 Å². The molecule has 0 radical (unpaired) electrons. The highest BCUT2D eigenvalue weighted by Gasteiger charge is 2.11. The molecule has 0 atom stereocenters. The number of benzene rings is 3. The van der Waals surface area contributed by atoms with Gasteiger partial charge in [-0.2, -0.15) is 0 Å². The fourth-order valence-corrected chi connectivity index (χ4v) is 3.83. The molecule has 0 spiro atoms. The molecule has 0 saturated heterocycles. The van der Waals surface area contributed by atoms with Gasteiger partial charge in [0, 0.05) is 21.3 Å². The summed E-state index contributed by atoms with van der Waals surface area (Å²) in [4.78, 5) is 36.5. The Morgan fingerprint density at radius 3 is 2.28 bits per heavy atom. The van der Waals surface area contributed by atoms with Gasteiger partial charge < -0.3 is 10.1 Å². The number of nitrogens with one attached hydrogen (secondary N) is 3. The molecule has 3 aromatic rings. The lowest BCUT2D eigenvalue weighted by Crippen LogP contribution is -2.43. The molecule has 9 heteroatoms. The predicted octanol–water partition coefficient (Wildman–Crippen LogP) is 4.61. The number of carbonyl (C=O) groups excluding carboxylic acids is 3. The van der Waals surface area contributed by atoms with E-state index in [1.165, 1.54) is 0 Å². The van der Waals surface area contributed by atoms with Gasteiger partial charge in [0.05, 0.1) is 4.47 Å². The largest absolute Gasteiger partial charge is 0.483 e. The Balaban J connectivity index is 1.47. The average Bonchev–Trinajstić information content (AvgIpc) is 2.77. The molecule has 164 valence electrons. The molecular formula is C23H19Br2N3O4. The zero-order valence-electron chi connectivity index (χ0n) is 16.9. The fraction of sp³-hybridized carbons (Fsp3) is 0.0870. The lowest BCUT2D eigenvalue weighted by molar-refractivity contribution is -0.123. The van der Waals surface area contributed by atoms with Crippen LogP contribution in [0.5, 0.6) is 5.75 Å². The van der Waals surface area contributed by atoms with Crippen molar-refractivity contribution in [1.82, 2.24) is 10.9 Å². The quantitative estimate of drug-likeness (QED) is 0.383. The smallest absolute Gasteiger partial charge is 0.276 e. The molecule has 32 heavy (non-hydrogen) atoms. The van der Waals surface area contributed by atoms with Crippen LogP contribution < -0.4 is 20.9 Å². The second-order valence-electron chi connectivity index (χ2n) is 6.77. The Bertz CT molecular complexity index is 1150. The van der Waals surface area contributed by atoms with Crippen LogP contribution in [0.2, 0.25) is 0 Å². The summed E-state index contributed by atoms with van der Waals surface area (Å²) >= 11 is 6.68. The van der Waals surface area contributed by atoms with Gasteiger partial charge in [-0.1, -0.05) is 33.6 Å². The van der Waals surface area contributed by atoms with Crippen LogP contribution in [-0.2, 0) is 4.79 Å². The van der Waals surface area contributed by atoms with Crippen molar-refractivity contribution in [2.75, 3.05) is 11.9 Å². The molecule has 0 aliphatic heterocycles. The first-order valence-corrected chi connectivity index (χ1v) is 11.1. The first-order valence-electron chi connectivity index (χ1n) is 9.47. The molecule has 0 aliphatic rings. The second kappa shape index (κ2) is 10.9. The van der Waals surface area contributed by atoms with Gasteiger partial charge in [0.25, 0.3) is 17.7 Å². The van der Waals surface area contributed by atoms with Gasteiger partial charge in [-0.05, 0) is 77.5 Å². The molecule has 0 heterocycles. The van der Waals surface area contributed by atoms with Crippen LogP contribution in [0.3, 0.4) is 0 Å². The fourth-order valence-electron chi connectivity index (χ4n) is 2.66. The minimum atomic E-state index is -0.518. The Morgan fingerprint density at radius 1 is 0.844 bits per heavy atom. The number of ether oxygens (including phenoxy) is 1. The minimum absolute atomic E-state index is 0.240. The third-order valence-corrected chi connectivity index (χ3v) is 5.37. The van der Waals surface area contributed by atoms with Crippen LogP contribution in [0.25, 0.3) is 0 Å². The monoisotopic (exact) mass is 559 g/mol. The Hall–Kier alpha value is -3.17.